The maximum Gasteiger partial charge on any atom is 0.251 e. The Labute approximate surface area is 163 Å². The van der Waals surface area contributed by atoms with Gasteiger partial charge in [-0.05, 0) is 60.9 Å². The van der Waals surface area contributed by atoms with Gasteiger partial charge >= 0.3 is 0 Å². The molecule has 28 heavy (non-hydrogen) atoms. The largest absolute Gasteiger partial charge is 0.348 e. The normalized spacial score (nSPS) is 27.9. The van der Waals surface area contributed by atoms with Gasteiger partial charge in [-0.25, -0.2) is 0 Å². The number of carbonyl (C=O) groups is 3. The Morgan fingerprint density at radius 3 is 2.11 bits per heavy atom. The van der Waals surface area contributed by atoms with E-state index in [0.29, 0.717) is 29.6 Å². The van der Waals surface area contributed by atoms with E-state index in [9.17, 15) is 14.4 Å². The fraction of sp³-hybridized carbons (Fsp3) is 0.348. The van der Waals surface area contributed by atoms with E-state index in [0.717, 1.165) is 24.8 Å². The van der Waals surface area contributed by atoms with Crippen LogP contribution in [-0.2, 0) is 16.1 Å². The van der Waals surface area contributed by atoms with E-state index in [-0.39, 0.29) is 29.6 Å². The minimum atomic E-state index is -0.176. The van der Waals surface area contributed by atoms with Crippen LogP contribution in [0.5, 0.6) is 0 Å². The fourth-order valence-electron chi connectivity index (χ4n) is 5.31. The molecular formula is C23H22N2O3. The molecule has 2 bridgehead atoms. The number of hydrogen-bond donors (Lipinski definition) is 1. The fourth-order valence-corrected chi connectivity index (χ4v) is 5.31. The van der Waals surface area contributed by atoms with Crippen LogP contribution in [0.25, 0.3) is 0 Å². The van der Waals surface area contributed by atoms with Crippen LogP contribution in [0.3, 0.4) is 0 Å². The van der Waals surface area contributed by atoms with E-state index in [2.05, 4.69) is 5.32 Å². The maximum absolute atomic E-state index is 12.9. The van der Waals surface area contributed by atoms with E-state index in [1.807, 2.05) is 30.3 Å². The molecular weight excluding hydrogens is 352 g/mol. The quantitative estimate of drug-likeness (QED) is 0.836. The van der Waals surface area contributed by atoms with Crippen molar-refractivity contribution in [3.8, 4) is 0 Å². The van der Waals surface area contributed by atoms with Crippen molar-refractivity contribution < 1.29 is 14.4 Å². The number of anilines is 1. The number of hydrogen-bond acceptors (Lipinski definition) is 3. The molecule has 4 atom stereocenters. The van der Waals surface area contributed by atoms with Gasteiger partial charge in [-0.15, -0.1) is 0 Å². The summed E-state index contributed by atoms with van der Waals surface area (Å²) in [6.45, 7) is 0.455. The Kier molecular flexibility index (Phi) is 4.04. The Morgan fingerprint density at radius 1 is 0.893 bits per heavy atom. The number of nitrogens with one attached hydrogen (secondary N) is 1. The SMILES string of the molecule is O=C(NCc1ccccc1)c1ccc(N2C(=O)[C@@H]3[C@H]4CC[C@@H](C4)[C@@H]3C2=O)cc1. The summed E-state index contributed by atoms with van der Waals surface area (Å²) >= 11 is 0. The number of fused-ring (bicyclic) bond motifs is 5. The van der Waals surface area contributed by atoms with Gasteiger partial charge in [0.2, 0.25) is 11.8 Å². The molecule has 2 saturated carbocycles. The highest BCUT2D eigenvalue weighted by Gasteiger charge is 2.61. The second kappa shape index (κ2) is 6.59. The molecule has 2 aromatic rings. The summed E-state index contributed by atoms with van der Waals surface area (Å²) in [5.74, 6) is 0.218. The molecule has 1 aliphatic heterocycles. The predicted octanol–water partition coefficient (Wildman–Crippen LogP) is 3.15. The third-order valence-corrected chi connectivity index (χ3v) is 6.61. The average Bonchev–Trinajstić information content (AvgIpc) is 3.41. The number of benzene rings is 2. The number of rotatable bonds is 4. The van der Waals surface area contributed by atoms with Crippen molar-refractivity contribution in [1.29, 1.82) is 0 Å². The molecule has 5 rings (SSSR count). The number of nitrogens with zero attached hydrogens (tertiary/aromatic N) is 1. The van der Waals surface area contributed by atoms with Gasteiger partial charge in [-0.1, -0.05) is 30.3 Å². The summed E-state index contributed by atoms with van der Waals surface area (Å²) in [5, 5.41) is 2.89. The minimum absolute atomic E-state index is 0.0523. The monoisotopic (exact) mass is 374 g/mol. The molecule has 2 aromatic carbocycles. The smallest absolute Gasteiger partial charge is 0.251 e. The van der Waals surface area contributed by atoms with Gasteiger partial charge in [0, 0.05) is 12.1 Å². The molecule has 1 heterocycles. The topological polar surface area (TPSA) is 66.5 Å². The standard InChI is InChI=1S/C23H22N2O3/c26-21(24-13-14-4-2-1-3-5-14)15-8-10-18(11-9-15)25-22(27)19-16-6-7-17(12-16)20(19)23(25)28/h1-5,8-11,16-17,19-20H,6-7,12-13H2,(H,24,26)/t16-,17-,19-,20+/m0/s1. The lowest BCUT2D eigenvalue weighted by molar-refractivity contribution is -0.123. The zero-order chi connectivity index (χ0) is 19.3. The molecule has 5 heteroatoms. The van der Waals surface area contributed by atoms with E-state index in [1.165, 1.54) is 4.90 Å². The van der Waals surface area contributed by atoms with E-state index < -0.39 is 0 Å². The molecule has 0 unspecified atom stereocenters. The molecule has 0 aromatic heterocycles. The molecule has 3 fully saturated rings. The van der Waals surface area contributed by atoms with Gasteiger partial charge in [0.05, 0.1) is 17.5 Å². The summed E-state index contributed by atoms with van der Waals surface area (Å²) in [7, 11) is 0. The van der Waals surface area contributed by atoms with Crippen LogP contribution in [0.15, 0.2) is 54.6 Å². The number of imide groups is 1. The zero-order valence-electron chi connectivity index (χ0n) is 15.5. The zero-order valence-corrected chi connectivity index (χ0v) is 15.5. The lowest BCUT2D eigenvalue weighted by Gasteiger charge is -2.19. The average molecular weight is 374 g/mol. The predicted molar refractivity (Wildman–Crippen MR) is 104 cm³/mol. The molecule has 1 saturated heterocycles. The second-order valence-electron chi connectivity index (χ2n) is 8.11. The molecule has 0 radical (unpaired) electrons. The van der Waals surface area contributed by atoms with Gasteiger partial charge in [0.15, 0.2) is 0 Å². The Morgan fingerprint density at radius 2 is 1.50 bits per heavy atom. The van der Waals surface area contributed by atoms with Crippen molar-refractivity contribution in [2.45, 2.75) is 25.8 Å². The van der Waals surface area contributed by atoms with Crippen LogP contribution in [0, 0.1) is 23.7 Å². The first-order valence-corrected chi connectivity index (χ1v) is 9.93. The Bertz CT molecular complexity index is 910. The molecule has 142 valence electrons. The first-order valence-electron chi connectivity index (χ1n) is 9.93. The third-order valence-electron chi connectivity index (χ3n) is 6.61. The van der Waals surface area contributed by atoms with Crippen LogP contribution >= 0.6 is 0 Å². The molecule has 0 spiro atoms. The van der Waals surface area contributed by atoms with Crippen LogP contribution in [-0.4, -0.2) is 17.7 Å². The number of carbonyl (C=O) groups excluding carboxylic acids is 3. The van der Waals surface area contributed by atoms with Crippen molar-refractivity contribution in [1.82, 2.24) is 5.32 Å². The first kappa shape index (κ1) is 17.2. The van der Waals surface area contributed by atoms with E-state index >= 15 is 0 Å². The summed E-state index contributed by atoms with van der Waals surface area (Å²) in [5.41, 5.74) is 2.12. The van der Waals surface area contributed by atoms with Gasteiger partial charge < -0.3 is 5.32 Å². The maximum atomic E-state index is 12.9. The van der Waals surface area contributed by atoms with Crippen molar-refractivity contribution in [3.63, 3.8) is 0 Å². The van der Waals surface area contributed by atoms with Crippen LogP contribution in [0.4, 0.5) is 5.69 Å². The van der Waals surface area contributed by atoms with Gasteiger partial charge in [0.25, 0.3) is 5.91 Å². The Balaban J connectivity index is 1.29. The molecule has 3 aliphatic rings. The summed E-state index contributed by atoms with van der Waals surface area (Å²) in [6, 6.07) is 16.5. The van der Waals surface area contributed by atoms with Crippen molar-refractivity contribution in [3.05, 3.63) is 65.7 Å². The van der Waals surface area contributed by atoms with Crippen molar-refractivity contribution in [2.75, 3.05) is 4.90 Å². The lowest BCUT2D eigenvalue weighted by Crippen LogP contribution is -2.32. The van der Waals surface area contributed by atoms with Gasteiger partial charge in [0.1, 0.15) is 0 Å². The second-order valence-corrected chi connectivity index (χ2v) is 8.11. The molecule has 5 nitrogen and oxygen atoms in total. The third kappa shape index (κ3) is 2.65. The van der Waals surface area contributed by atoms with Crippen LogP contribution in [0.2, 0.25) is 0 Å². The molecule has 3 amide bonds. The van der Waals surface area contributed by atoms with Crippen molar-refractivity contribution in [2.24, 2.45) is 23.7 Å². The van der Waals surface area contributed by atoms with Gasteiger partial charge in [-0.2, -0.15) is 0 Å². The number of amides is 3. The van der Waals surface area contributed by atoms with Crippen molar-refractivity contribution >= 4 is 23.4 Å². The van der Waals surface area contributed by atoms with Crippen LogP contribution < -0.4 is 10.2 Å². The highest BCUT2D eigenvalue weighted by molar-refractivity contribution is 6.22. The highest BCUT2D eigenvalue weighted by atomic mass is 16.2. The Hall–Kier alpha value is -2.95. The molecule has 2 aliphatic carbocycles. The van der Waals surface area contributed by atoms with E-state index in [1.54, 1.807) is 24.3 Å². The summed E-state index contributed by atoms with van der Waals surface area (Å²) in [6.07, 6.45) is 3.17. The molecule has 1 N–H and O–H groups in total. The van der Waals surface area contributed by atoms with Gasteiger partial charge in [-0.3, -0.25) is 19.3 Å². The summed E-state index contributed by atoms with van der Waals surface area (Å²) < 4.78 is 0. The van der Waals surface area contributed by atoms with Crippen LogP contribution in [0.1, 0.15) is 35.2 Å². The summed E-state index contributed by atoms with van der Waals surface area (Å²) in [4.78, 5) is 39.5. The first-order chi connectivity index (χ1) is 13.6. The van der Waals surface area contributed by atoms with E-state index in [4.69, 9.17) is 0 Å². The minimum Gasteiger partial charge on any atom is -0.348 e. The highest BCUT2D eigenvalue weighted by Crippen LogP contribution is 2.56. The lowest BCUT2D eigenvalue weighted by atomic mass is 9.81.